The fourth-order valence-electron chi connectivity index (χ4n) is 3.08. The molecule has 2 aromatic heterocycles. The molecule has 0 bridgehead atoms. The van der Waals surface area contributed by atoms with Crippen molar-refractivity contribution in [2.45, 2.75) is 13.1 Å². The number of likely N-dealkylation sites (N-methyl/N-ethyl adjacent to an activating group) is 1. The van der Waals surface area contributed by atoms with Gasteiger partial charge in [0.1, 0.15) is 18.0 Å². The van der Waals surface area contributed by atoms with E-state index in [4.69, 9.17) is 4.74 Å². The molecule has 0 saturated heterocycles. The molecule has 3 rings (SSSR count). The monoisotopic (exact) mass is 482 g/mol. The van der Waals surface area contributed by atoms with E-state index in [-0.39, 0.29) is 23.7 Å². The number of carbonyl (C=O) groups is 2. The lowest BCUT2D eigenvalue weighted by Crippen LogP contribution is -2.35. The average Bonchev–Trinajstić information content (AvgIpc) is 3.00. The summed E-state index contributed by atoms with van der Waals surface area (Å²) in [6.45, 7) is 2.44. The summed E-state index contributed by atoms with van der Waals surface area (Å²) in [7, 11) is 5.35. The highest BCUT2D eigenvalue weighted by Gasteiger charge is 2.34. The Labute approximate surface area is 191 Å². The van der Waals surface area contributed by atoms with Gasteiger partial charge in [-0.3, -0.25) is 14.8 Å². The number of urea groups is 1. The van der Waals surface area contributed by atoms with Gasteiger partial charge in [-0.05, 0) is 45.3 Å². The lowest BCUT2D eigenvalue weighted by atomic mass is 10.1. The second kappa shape index (κ2) is 9.63. The molecule has 182 valence electrons. The Kier molecular flexibility index (Phi) is 7.05. The summed E-state index contributed by atoms with van der Waals surface area (Å²) in [5.74, 6) is -2.42. The maximum atomic E-state index is 13.5. The summed E-state index contributed by atoms with van der Waals surface area (Å²) in [4.78, 5) is 31.3. The van der Waals surface area contributed by atoms with Gasteiger partial charge in [0.05, 0.1) is 11.3 Å². The Hall–Kier alpha value is -3.74. The molecule has 9 nitrogen and oxygen atoms in total. The maximum absolute atomic E-state index is 13.5. The van der Waals surface area contributed by atoms with Crippen LogP contribution in [0, 0.1) is 12.7 Å². The fraction of sp³-hybridized carbons (Fsp3) is 0.333. The highest BCUT2D eigenvalue weighted by atomic mass is 19.4. The molecule has 0 aliphatic heterocycles. The molecule has 3 amide bonds. The van der Waals surface area contributed by atoms with Crippen LogP contribution in [0.1, 0.15) is 21.6 Å². The fourth-order valence-corrected chi connectivity index (χ4v) is 3.08. The van der Waals surface area contributed by atoms with E-state index in [1.54, 1.807) is 14.0 Å². The van der Waals surface area contributed by atoms with Crippen LogP contribution in [0.15, 0.2) is 24.3 Å². The molecule has 0 atom stereocenters. The second-order valence-electron chi connectivity index (χ2n) is 7.67. The standard InChI is InChI=1S/C21H22F4N6O3/c1-11-13-10-14(19(34-8-7-30(2)3)27-17(13)31(4)29-11)18(32)28-20(33)26-12-5-6-16(22)15(9-12)21(23,24)25/h5-6,9-10H,7-8H2,1-4H3,(H2,26,28,32,33). The summed E-state index contributed by atoms with van der Waals surface area (Å²) in [5.41, 5.74) is -0.903. The van der Waals surface area contributed by atoms with Crippen LogP contribution in [0.5, 0.6) is 5.88 Å². The van der Waals surface area contributed by atoms with Crippen LogP contribution in [0.3, 0.4) is 0 Å². The smallest absolute Gasteiger partial charge is 0.419 e. The van der Waals surface area contributed by atoms with Crippen molar-refractivity contribution < 1.29 is 31.9 Å². The van der Waals surface area contributed by atoms with Crippen molar-refractivity contribution in [2.24, 2.45) is 7.05 Å². The van der Waals surface area contributed by atoms with Crippen molar-refractivity contribution in [3.63, 3.8) is 0 Å². The van der Waals surface area contributed by atoms with E-state index in [0.29, 0.717) is 35.4 Å². The van der Waals surface area contributed by atoms with Gasteiger partial charge in [-0.2, -0.15) is 23.3 Å². The minimum absolute atomic E-state index is 0.0382. The van der Waals surface area contributed by atoms with Crippen LogP contribution in [0.25, 0.3) is 11.0 Å². The van der Waals surface area contributed by atoms with Gasteiger partial charge in [-0.15, -0.1) is 0 Å². The first kappa shape index (κ1) is 24.9. The number of anilines is 1. The van der Waals surface area contributed by atoms with E-state index in [2.05, 4.69) is 15.4 Å². The number of halogens is 4. The van der Waals surface area contributed by atoms with Gasteiger partial charge in [0.25, 0.3) is 5.91 Å². The predicted octanol–water partition coefficient (Wildman–Crippen LogP) is 3.34. The number of pyridine rings is 1. The molecule has 0 saturated carbocycles. The topological polar surface area (TPSA) is 101 Å². The van der Waals surface area contributed by atoms with Crippen LogP contribution in [0.2, 0.25) is 0 Å². The molecule has 2 N–H and O–H groups in total. The SMILES string of the molecule is Cc1nn(C)c2nc(OCCN(C)C)c(C(=O)NC(=O)Nc3ccc(F)c(C(F)(F)F)c3)cc12. The number of nitrogens with zero attached hydrogens (tertiary/aromatic N) is 4. The molecule has 1 aromatic carbocycles. The normalized spacial score (nSPS) is 11.7. The number of benzene rings is 1. The summed E-state index contributed by atoms with van der Waals surface area (Å²) < 4.78 is 59.3. The third-order valence-electron chi connectivity index (χ3n) is 4.74. The molecule has 0 radical (unpaired) electrons. The number of ether oxygens (including phenoxy) is 1. The summed E-state index contributed by atoms with van der Waals surface area (Å²) >= 11 is 0. The number of hydrogen-bond acceptors (Lipinski definition) is 6. The van der Waals surface area contributed by atoms with Crippen LogP contribution in [-0.4, -0.2) is 58.8 Å². The van der Waals surface area contributed by atoms with Gasteiger partial charge in [0.2, 0.25) is 5.88 Å². The first-order chi connectivity index (χ1) is 15.9. The number of imide groups is 1. The van der Waals surface area contributed by atoms with Gasteiger partial charge >= 0.3 is 12.2 Å². The van der Waals surface area contributed by atoms with Gasteiger partial charge < -0.3 is 15.0 Å². The van der Waals surface area contributed by atoms with Gasteiger partial charge in [-0.25, -0.2) is 9.18 Å². The number of alkyl halides is 3. The van der Waals surface area contributed by atoms with E-state index in [0.717, 1.165) is 6.07 Å². The summed E-state index contributed by atoms with van der Waals surface area (Å²) in [5, 5.41) is 8.92. The van der Waals surface area contributed by atoms with E-state index in [1.807, 2.05) is 24.3 Å². The van der Waals surface area contributed by atoms with Crippen molar-refractivity contribution in [2.75, 3.05) is 32.6 Å². The highest BCUT2D eigenvalue weighted by Crippen LogP contribution is 2.33. The van der Waals surface area contributed by atoms with Crippen molar-refractivity contribution in [3.8, 4) is 5.88 Å². The molecule has 2 heterocycles. The Morgan fingerprint density at radius 3 is 2.56 bits per heavy atom. The molecule has 0 fully saturated rings. The summed E-state index contributed by atoms with van der Waals surface area (Å²) in [6, 6.07) is 2.29. The van der Waals surface area contributed by atoms with Gasteiger partial charge in [-0.1, -0.05) is 0 Å². The number of nitrogens with one attached hydrogen (secondary N) is 2. The molecule has 34 heavy (non-hydrogen) atoms. The van der Waals surface area contributed by atoms with Crippen molar-refractivity contribution in [1.82, 2.24) is 25.0 Å². The van der Waals surface area contributed by atoms with Crippen molar-refractivity contribution in [3.05, 3.63) is 46.9 Å². The number of aromatic nitrogens is 3. The highest BCUT2D eigenvalue weighted by molar-refractivity contribution is 6.10. The molecule has 0 aliphatic rings. The average molecular weight is 482 g/mol. The first-order valence-electron chi connectivity index (χ1n) is 9.97. The molecular weight excluding hydrogens is 460 g/mol. The minimum atomic E-state index is -4.95. The number of carbonyl (C=O) groups excluding carboxylic acids is 2. The number of fused-ring (bicyclic) bond motifs is 1. The summed E-state index contributed by atoms with van der Waals surface area (Å²) in [6.07, 6.45) is -4.95. The molecule has 0 spiro atoms. The number of rotatable bonds is 6. The maximum Gasteiger partial charge on any atom is 0.419 e. The van der Waals surface area contributed by atoms with Crippen LogP contribution < -0.4 is 15.4 Å². The van der Waals surface area contributed by atoms with E-state index in [1.165, 1.54) is 10.7 Å². The molecule has 13 heteroatoms. The Morgan fingerprint density at radius 1 is 1.21 bits per heavy atom. The number of hydrogen-bond donors (Lipinski definition) is 2. The zero-order valence-electron chi connectivity index (χ0n) is 18.7. The Morgan fingerprint density at radius 2 is 1.91 bits per heavy atom. The van der Waals surface area contributed by atoms with Gasteiger partial charge in [0.15, 0.2) is 5.65 Å². The quantitative estimate of drug-likeness (QED) is 0.523. The largest absolute Gasteiger partial charge is 0.476 e. The zero-order chi connectivity index (χ0) is 25.2. The van der Waals surface area contributed by atoms with E-state index < -0.39 is 29.5 Å². The van der Waals surface area contributed by atoms with Crippen LogP contribution in [0.4, 0.5) is 28.0 Å². The van der Waals surface area contributed by atoms with Gasteiger partial charge in [0, 0.05) is 24.7 Å². The lowest BCUT2D eigenvalue weighted by Gasteiger charge is -2.14. The zero-order valence-corrected chi connectivity index (χ0v) is 18.7. The molecule has 0 aliphatic carbocycles. The third kappa shape index (κ3) is 5.60. The van der Waals surface area contributed by atoms with E-state index in [9.17, 15) is 27.2 Å². The minimum Gasteiger partial charge on any atom is -0.476 e. The molecule has 0 unspecified atom stereocenters. The van der Waals surface area contributed by atoms with E-state index >= 15 is 0 Å². The molecule has 3 aromatic rings. The lowest BCUT2D eigenvalue weighted by molar-refractivity contribution is -0.139. The van der Waals surface area contributed by atoms with Crippen molar-refractivity contribution >= 4 is 28.7 Å². The second-order valence-corrected chi connectivity index (χ2v) is 7.67. The Balaban J connectivity index is 1.84. The van der Waals surface area contributed by atoms with Crippen molar-refractivity contribution in [1.29, 1.82) is 0 Å². The predicted molar refractivity (Wildman–Crippen MR) is 115 cm³/mol. The third-order valence-corrected chi connectivity index (χ3v) is 4.74. The Bertz CT molecular complexity index is 1240. The number of amides is 3. The number of aryl methyl sites for hydroxylation is 2. The molecular formula is C21H22F4N6O3. The first-order valence-corrected chi connectivity index (χ1v) is 9.97. The van der Waals surface area contributed by atoms with Crippen LogP contribution in [-0.2, 0) is 13.2 Å². The van der Waals surface area contributed by atoms with Crippen LogP contribution >= 0.6 is 0 Å².